The van der Waals surface area contributed by atoms with E-state index in [2.05, 4.69) is 34.6 Å². The smallest absolute Gasteiger partial charge is 0.271 e. The highest BCUT2D eigenvalue weighted by atomic mass is 16.1. The number of hydrogen-bond acceptors (Lipinski definition) is 4. The third-order valence-corrected chi connectivity index (χ3v) is 5.43. The van der Waals surface area contributed by atoms with E-state index in [4.69, 9.17) is 4.98 Å². The van der Waals surface area contributed by atoms with Crippen LogP contribution in [0.3, 0.4) is 0 Å². The van der Waals surface area contributed by atoms with Gasteiger partial charge in [-0.1, -0.05) is 6.92 Å². The van der Waals surface area contributed by atoms with E-state index < -0.39 is 0 Å². The van der Waals surface area contributed by atoms with Crippen molar-refractivity contribution in [2.45, 2.75) is 45.6 Å². The molecule has 0 spiro atoms. The lowest BCUT2D eigenvalue weighted by Gasteiger charge is -2.21. The Morgan fingerprint density at radius 2 is 2.20 bits per heavy atom. The average molecular weight is 339 g/mol. The van der Waals surface area contributed by atoms with E-state index in [0.29, 0.717) is 6.04 Å². The van der Waals surface area contributed by atoms with Crippen LogP contribution in [0.1, 0.15) is 38.2 Å². The van der Waals surface area contributed by atoms with Gasteiger partial charge in [0.1, 0.15) is 5.82 Å². The van der Waals surface area contributed by atoms with Gasteiger partial charge in [0.15, 0.2) is 0 Å². The third kappa shape index (κ3) is 3.18. The van der Waals surface area contributed by atoms with E-state index in [-0.39, 0.29) is 11.5 Å². The maximum absolute atomic E-state index is 12.1. The number of nitrogens with zero attached hydrogens (tertiary/aromatic N) is 5. The van der Waals surface area contributed by atoms with Gasteiger partial charge < -0.3 is 9.47 Å². The molecule has 2 aromatic rings. The Labute approximate surface area is 147 Å². The summed E-state index contributed by atoms with van der Waals surface area (Å²) in [5.74, 6) is 1.29. The molecule has 1 unspecified atom stereocenters. The third-order valence-electron chi connectivity index (χ3n) is 5.43. The number of rotatable bonds is 4. The molecule has 1 fully saturated rings. The predicted molar refractivity (Wildman–Crippen MR) is 98.0 cm³/mol. The number of fused-ring (bicyclic) bond motifs is 1. The van der Waals surface area contributed by atoms with Crippen LogP contribution in [0.2, 0.25) is 0 Å². The highest BCUT2D eigenvalue weighted by molar-refractivity contribution is 5.64. The predicted octanol–water partition coefficient (Wildman–Crippen LogP) is 2.11. The standard InChI is InChI=1S/C19H25N5O/c1-14-11-18-21-16(7-10-22-9-4-5-15(22)2)12-23(18)13-17(14)24-19(25)6-3-8-20-24/h3,6,8,12-15H,4-5,7,9-11H2,1-2H3/t14?,15-/m1/s1. The fraction of sp³-hybridized carbons (Fsp3) is 0.526. The second-order valence-corrected chi connectivity index (χ2v) is 7.27. The quantitative estimate of drug-likeness (QED) is 0.856. The van der Waals surface area contributed by atoms with Crippen LogP contribution in [0, 0.1) is 5.92 Å². The van der Waals surface area contributed by atoms with Crippen LogP contribution in [-0.4, -0.2) is 43.4 Å². The van der Waals surface area contributed by atoms with E-state index in [0.717, 1.165) is 36.6 Å². The molecule has 6 heteroatoms. The van der Waals surface area contributed by atoms with Crippen LogP contribution < -0.4 is 5.56 Å². The topological polar surface area (TPSA) is 56.0 Å². The van der Waals surface area contributed by atoms with Crippen LogP contribution in [-0.2, 0) is 12.8 Å². The van der Waals surface area contributed by atoms with Crippen molar-refractivity contribution in [1.82, 2.24) is 24.2 Å². The zero-order valence-electron chi connectivity index (χ0n) is 14.9. The fourth-order valence-corrected chi connectivity index (χ4v) is 3.92. The first-order valence-corrected chi connectivity index (χ1v) is 9.19. The van der Waals surface area contributed by atoms with Gasteiger partial charge in [0, 0.05) is 56.0 Å². The summed E-state index contributed by atoms with van der Waals surface area (Å²) < 4.78 is 3.57. The summed E-state index contributed by atoms with van der Waals surface area (Å²) in [5.41, 5.74) is 1.97. The van der Waals surface area contributed by atoms with Crippen molar-refractivity contribution < 1.29 is 0 Å². The molecule has 4 heterocycles. The van der Waals surface area contributed by atoms with Crippen molar-refractivity contribution in [2.75, 3.05) is 13.1 Å². The summed E-state index contributed by atoms with van der Waals surface area (Å²) in [4.78, 5) is 19.5. The zero-order chi connectivity index (χ0) is 17.4. The molecule has 1 saturated heterocycles. The Morgan fingerprint density at radius 3 is 2.96 bits per heavy atom. The number of likely N-dealkylation sites (tertiary alicyclic amines) is 1. The molecule has 2 aromatic heterocycles. The molecule has 132 valence electrons. The van der Waals surface area contributed by atoms with Gasteiger partial charge in [-0.05, 0) is 32.4 Å². The minimum absolute atomic E-state index is 0.0904. The molecule has 2 aliphatic rings. The SMILES string of the molecule is CC1Cc2nc(CCN3CCC[C@H]3C)cn2C=C1n1ncccc1=O. The normalized spacial score (nSPS) is 23.5. The molecule has 4 rings (SSSR count). The lowest BCUT2D eigenvalue weighted by molar-refractivity contribution is 0.271. The number of allylic oxidation sites excluding steroid dienone is 1. The Kier molecular flexibility index (Phi) is 4.29. The zero-order valence-corrected chi connectivity index (χ0v) is 14.9. The van der Waals surface area contributed by atoms with Gasteiger partial charge in [-0.3, -0.25) is 4.79 Å². The molecule has 6 nitrogen and oxygen atoms in total. The molecule has 0 amide bonds. The van der Waals surface area contributed by atoms with Crippen LogP contribution >= 0.6 is 0 Å². The van der Waals surface area contributed by atoms with Crippen LogP contribution in [0.5, 0.6) is 0 Å². The maximum atomic E-state index is 12.1. The highest BCUT2D eigenvalue weighted by Gasteiger charge is 2.23. The van der Waals surface area contributed by atoms with E-state index >= 15 is 0 Å². The minimum atomic E-state index is -0.0904. The second kappa shape index (κ2) is 6.59. The number of aromatic nitrogens is 4. The second-order valence-electron chi connectivity index (χ2n) is 7.27. The molecule has 0 aromatic carbocycles. The van der Waals surface area contributed by atoms with Gasteiger partial charge in [-0.15, -0.1) is 0 Å². The first-order chi connectivity index (χ1) is 12.1. The van der Waals surface area contributed by atoms with Crippen LogP contribution in [0.25, 0.3) is 11.9 Å². The van der Waals surface area contributed by atoms with E-state index in [9.17, 15) is 4.79 Å². The lowest BCUT2D eigenvalue weighted by atomic mass is 10.0. The molecule has 0 N–H and O–H groups in total. The highest BCUT2D eigenvalue weighted by Crippen LogP contribution is 2.26. The van der Waals surface area contributed by atoms with Gasteiger partial charge >= 0.3 is 0 Å². The Bertz CT molecular complexity index is 849. The first-order valence-electron chi connectivity index (χ1n) is 9.19. The van der Waals surface area contributed by atoms with E-state index in [1.807, 2.05) is 6.20 Å². The molecular weight excluding hydrogens is 314 g/mol. The van der Waals surface area contributed by atoms with Crippen molar-refractivity contribution in [1.29, 1.82) is 0 Å². The van der Waals surface area contributed by atoms with E-state index in [1.54, 1.807) is 18.3 Å². The first kappa shape index (κ1) is 16.3. The fourth-order valence-electron chi connectivity index (χ4n) is 3.92. The summed E-state index contributed by atoms with van der Waals surface area (Å²) in [6, 6.07) is 3.92. The Balaban J connectivity index is 1.55. The van der Waals surface area contributed by atoms with Crippen molar-refractivity contribution in [3.63, 3.8) is 0 Å². The summed E-state index contributed by atoms with van der Waals surface area (Å²) in [5, 5.41) is 4.22. The van der Waals surface area contributed by atoms with Gasteiger partial charge in [0.05, 0.1) is 11.4 Å². The van der Waals surface area contributed by atoms with Crippen molar-refractivity contribution in [3.05, 3.63) is 46.4 Å². The molecular formula is C19H25N5O. The monoisotopic (exact) mass is 339 g/mol. The largest absolute Gasteiger partial charge is 0.308 e. The van der Waals surface area contributed by atoms with Gasteiger partial charge in [0.2, 0.25) is 0 Å². The summed E-state index contributed by atoms with van der Waals surface area (Å²) in [6.07, 6.45) is 10.2. The minimum Gasteiger partial charge on any atom is -0.308 e. The van der Waals surface area contributed by atoms with Crippen molar-refractivity contribution in [3.8, 4) is 0 Å². The summed E-state index contributed by atoms with van der Waals surface area (Å²) in [6.45, 7) is 6.71. The average Bonchev–Trinajstić information content (AvgIpc) is 3.18. The molecule has 2 atom stereocenters. The Hall–Kier alpha value is -2.21. The number of imidazole rings is 1. The summed E-state index contributed by atoms with van der Waals surface area (Å²) >= 11 is 0. The van der Waals surface area contributed by atoms with Gasteiger partial charge in [-0.2, -0.15) is 9.78 Å². The lowest BCUT2D eigenvalue weighted by Crippen LogP contribution is -2.29. The van der Waals surface area contributed by atoms with Crippen LogP contribution in [0.4, 0.5) is 0 Å². The number of hydrogen-bond donors (Lipinski definition) is 0. The van der Waals surface area contributed by atoms with Crippen molar-refractivity contribution >= 4 is 11.9 Å². The maximum Gasteiger partial charge on any atom is 0.271 e. The molecule has 2 aliphatic heterocycles. The van der Waals surface area contributed by atoms with Gasteiger partial charge in [-0.25, -0.2) is 4.98 Å². The summed E-state index contributed by atoms with van der Waals surface area (Å²) in [7, 11) is 0. The van der Waals surface area contributed by atoms with Crippen molar-refractivity contribution in [2.24, 2.45) is 5.92 Å². The Morgan fingerprint density at radius 1 is 1.32 bits per heavy atom. The van der Waals surface area contributed by atoms with Gasteiger partial charge in [0.25, 0.3) is 5.56 Å². The molecule has 0 saturated carbocycles. The van der Waals surface area contributed by atoms with E-state index in [1.165, 1.54) is 24.1 Å². The molecule has 0 radical (unpaired) electrons. The molecule has 25 heavy (non-hydrogen) atoms. The van der Waals surface area contributed by atoms with Crippen LogP contribution in [0.15, 0.2) is 29.3 Å². The molecule has 0 bridgehead atoms. The molecule has 0 aliphatic carbocycles.